The monoisotopic (exact) mass is 385 g/mol. The molecule has 0 spiro atoms. The molecule has 2 aromatic carbocycles. The summed E-state index contributed by atoms with van der Waals surface area (Å²) in [6, 6.07) is 11.5. The SMILES string of the molecule is CC(C)COc1ccccc1NC(=O)N1CCNC(=O)[C@@H]1c1ccc(F)cc1. The van der Waals surface area contributed by atoms with E-state index in [9.17, 15) is 14.0 Å². The highest BCUT2D eigenvalue weighted by Gasteiger charge is 2.34. The third kappa shape index (κ3) is 4.60. The van der Waals surface area contributed by atoms with Crippen LogP contribution in [0.4, 0.5) is 14.9 Å². The molecule has 1 atom stereocenters. The average Bonchev–Trinajstić information content (AvgIpc) is 2.68. The van der Waals surface area contributed by atoms with Gasteiger partial charge in [0.2, 0.25) is 5.91 Å². The van der Waals surface area contributed by atoms with Crippen molar-refractivity contribution in [3.63, 3.8) is 0 Å². The topological polar surface area (TPSA) is 70.7 Å². The molecular weight excluding hydrogens is 361 g/mol. The lowest BCUT2D eigenvalue weighted by atomic mass is 10.0. The van der Waals surface area contributed by atoms with E-state index in [1.807, 2.05) is 19.9 Å². The van der Waals surface area contributed by atoms with Crippen LogP contribution in [-0.2, 0) is 4.79 Å². The minimum Gasteiger partial charge on any atom is -0.491 e. The number of halogens is 1. The van der Waals surface area contributed by atoms with Gasteiger partial charge in [0, 0.05) is 13.1 Å². The van der Waals surface area contributed by atoms with Gasteiger partial charge < -0.3 is 20.3 Å². The van der Waals surface area contributed by atoms with Crippen LogP contribution in [0, 0.1) is 11.7 Å². The molecule has 148 valence electrons. The summed E-state index contributed by atoms with van der Waals surface area (Å²) < 4.78 is 19.0. The minimum absolute atomic E-state index is 0.294. The zero-order valence-corrected chi connectivity index (χ0v) is 15.9. The fraction of sp³-hybridized carbons (Fsp3) is 0.333. The Hall–Kier alpha value is -3.09. The maximum atomic E-state index is 13.3. The first-order chi connectivity index (χ1) is 13.5. The molecule has 0 unspecified atom stereocenters. The van der Waals surface area contributed by atoms with Crippen molar-refractivity contribution in [3.05, 3.63) is 59.9 Å². The molecule has 1 saturated heterocycles. The highest BCUT2D eigenvalue weighted by molar-refractivity contribution is 5.96. The number of ether oxygens (including phenoxy) is 1. The quantitative estimate of drug-likeness (QED) is 0.827. The van der Waals surface area contributed by atoms with E-state index in [-0.39, 0.29) is 5.91 Å². The van der Waals surface area contributed by atoms with E-state index >= 15 is 0 Å². The Balaban J connectivity index is 1.80. The highest BCUT2D eigenvalue weighted by Crippen LogP contribution is 2.28. The van der Waals surface area contributed by atoms with E-state index in [2.05, 4.69) is 10.6 Å². The van der Waals surface area contributed by atoms with Crippen molar-refractivity contribution in [1.82, 2.24) is 10.2 Å². The third-order valence-corrected chi connectivity index (χ3v) is 4.36. The van der Waals surface area contributed by atoms with E-state index in [1.165, 1.54) is 29.2 Å². The van der Waals surface area contributed by atoms with E-state index in [1.54, 1.807) is 18.2 Å². The number of benzene rings is 2. The van der Waals surface area contributed by atoms with Crippen LogP contribution in [0.1, 0.15) is 25.5 Å². The standard InChI is InChI=1S/C21H24FN3O3/c1-14(2)13-28-18-6-4-3-5-17(18)24-21(27)25-12-11-23-20(26)19(25)15-7-9-16(22)10-8-15/h3-10,14,19H,11-13H2,1-2H3,(H,23,26)(H,24,27)/t19-/m0/s1. The van der Waals surface area contributed by atoms with Crippen LogP contribution in [0.15, 0.2) is 48.5 Å². The predicted molar refractivity (Wildman–Crippen MR) is 105 cm³/mol. The number of nitrogens with zero attached hydrogens (tertiary/aromatic N) is 1. The Morgan fingerprint density at radius 2 is 1.96 bits per heavy atom. The number of carbonyl (C=O) groups excluding carboxylic acids is 2. The van der Waals surface area contributed by atoms with Gasteiger partial charge in [-0.25, -0.2) is 9.18 Å². The Kier molecular flexibility index (Phi) is 6.13. The smallest absolute Gasteiger partial charge is 0.322 e. The van der Waals surface area contributed by atoms with Gasteiger partial charge >= 0.3 is 6.03 Å². The summed E-state index contributed by atoms with van der Waals surface area (Å²) in [4.78, 5) is 26.8. The molecule has 0 saturated carbocycles. The summed E-state index contributed by atoms with van der Waals surface area (Å²) in [6.07, 6.45) is 0. The van der Waals surface area contributed by atoms with Crippen molar-refractivity contribution in [2.45, 2.75) is 19.9 Å². The fourth-order valence-corrected chi connectivity index (χ4v) is 3.00. The van der Waals surface area contributed by atoms with E-state index in [0.717, 1.165) is 0 Å². The average molecular weight is 385 g/mol. The van der Waals surface area contributed by atoms with Crippen LogP contribution < -0.4 is 15.4 Å². The Labute approximate surface area is 163 Å². The molecule has 3 rings (SSSR count). The number of urea groups is 1. The number of hydrogen-bond donors (Lipinski definition) is 2. The summed E-state index contributed by atoms with van der Waals surface area (Å²) >= 11 is 0. The van der Waals surface area contributed by atoms with Gasteiger partial charge in [0.1, 0.15) is 17.6 Å². The van der Waals surface area contributed by atoms with Crippen LogP contribution >= 0.6 is 0 Å². The van der Waals surface area contributed by atoms with Crippen molar-refractivity contribution in [2.24, 2.45) is 5.92 Å². The summed E-state index contributed by atoms with van der Waals surface area (Å²) in [7, 11) is 0. The molecular formula is C21H24FN3O3. The number of amides is 3. The van der Waals surface area contributed by atoms with Crippen LogP contribution in [0.3, 0.4) is 0 Å². The number of anilines is 1. The second-order valence-corrected chi connectivity index (χ2v) is 7.07. The third-order valence-electron chi connectivity index (χ3n) is 4.36. The van der Waals surface area contributed by atoms with Crippen molar-refractivity contribution < 1.29 is 18.7 Å². The number of nitrogens with one attached hydrogen (secondary N) is 2. The van der Waals surface area contributed by atoms with Crippen LogP contribution in [0.2, 0.25) is 0 Å². The second-order valence-electron chi connectivity index (χ2n) is 7.07. The molecule has 2 N–H and O–H groups in total. The molecule has 1 fully saturated rings. The number of para-hydroxylation sites is 2. The molecule has 28 heavy (non-hydrogen) atoms. The normalized spacial score (nSPS) is 16.6. The van der Waals surface area contributed by atoms with Gasteiger partial charge in [0.25, 0.3) is 0 Å². The lowest BCUT2D eigenvalue weighted by Crippen LogP contribution is -2.53. The van der Waals surface area contributed by atoms with Crippen molar-refractivity contribution in [3.8, 4) is 5.75 Å². The molecule has 1 heterocycles. The van der Waals surface area contributed by atoms with Crippen LogP contribution in [0.5, 0.6) is 5.75 Å². The molecule has 0 aliphatic carbocycles. The van der Waals surface area contributed by atoms with Crippen molar-refractivity contribution >= 4 is 17.6 Å². The van der Waals surface area contributed by atoms with Gasteiger partial charge in [0.05, 0.1) is 12.3 Å². The molecule has 0 bridgehead atoms. The maximum Gasteiger partial charge on any atom is 0.322 e. The number of carbonyl (C=O) groups is 2. The van der Waals surface area contributed by atoms with Crippen LogP contribution in [-0.4, -0.2) is 36.5 Å². The predicted octanol–water partition coefficient (Wildman–Crippen LogP) is 3.57. The number of hydrogen-bond acceptors (Lipinski definition) is 3. The van der Waals surface area contributed by atoms with Gasteiger partial charge in [-0.15, -0.1) is 0 Å². The second kappa shape index (κ2) is 8.73. The van der Waals surface area contributed by atoms with Crippen molar-refractivity contribution in [2.75, 3.05) is 25.0 Å². The van der Waals surface area contributed by atoms with Gasteiger partial charge in [-0.2, -0.15) is 0 Å². The lowest BCUT2D eigenvalue weighted by Gasteiger charge is -2.35. The fourth-order valence-electron chi connectivity index (χ4n) is 3.00. The molecule has 6 nitrogen and oxygen atoms in total. The Bertz CT molecular complexity index is 839. The molecule has 0 aromatic heterocycles. The minimum atomic E-state index is -0.821. The van der Waals surface area contributed by atoms with Gasteiger partial charge in [-0.3, -0.25) is 4.79 Å². The first-order valence-electron chi connectivity index (χ1n) is 9.28. The van der Waals surface area contributed by atoms with E-state index < -0.39 is 17.9 Å². The Morgan fingerprint density at radius 1 is 1.25 bits per heavy atom. The maximum absolute atomic E-state index is 13.3. The van der Waals surface area contributed by atoms with Crippen molar-refractivity contribution in [1.29, 1.82) is 0 Å². The molecule has 3 amide bonds. The molecule has 2 aromatic rings. The first kappa shape index (κ1) is 19.7. The first-order valence-corrected chi connectivity index (χ1v) is 9.28. The lowest BCUT2D eigenvalue weighted by molar-refractivity contribution is -0.127. The summed E-state index contributed by atoms with van der Waals surface area (Å²) in [6.45, 7) is 5.31. The van der Waals surface area contributed by atoms with E-state index in [4.69, 9.17) is 4.74 Å². The van der Waals surface area contributed by atoms with Crippen LogP contribution in [0.25, 0.3) is 0 Å². The summed E-state index contributed by atoms with van der Waals surface area (Å²) in [5, 5.41) is 5.60. The largest absolute Gasteiger partial charge is 0.491 e. The zero-order chi connectivity index (χ0) is 20.1. The number of rotatable bonds is 5. The van der Waals surface area contributed by atoms with Gasteiger partial charge in [-0.1, -0.05) is 38.1 Å². The Morgan fingerprint density at radius 3 is 2.68 bits per heavy atom. The summed E-state index contributed by atoms with van der Waals surface area (Å²) in [5.41, 5.74) is 1.09. The zero-order valence-electron chi connectivity index (χ0n) is 15.9. The number of piperazine rings is 1. The molecule has 7 heteroatoms. The van der Waals surface area contributed by atoms with Gasteiger partial charge in [-0.05, 0) is 35.7 Å². The highest BCUT2D eigenvalue weighted by atomic mass is 19.1. The van der Waals surface area contributed by atoms with E-state index in [0.29, 0.717) is 42.6 Å². The molecule has 1 aliphatic heterocycles. The summed E-state index contributed by atoms with van der Waals surface area (Å²) in [5.74, 6) is 0.228. The van der Waals surface area contributed by atoms with Gasteiger partial charge in [0.15, 0.2) is 0 Å². The molecule has 0 radical (unpaired) electrons. The molecule has 1 aliphatic rings.